The lowest BCUT2D eigenvalue weighted by Crippen LogP contribution is -2.30. The first-order chi connectivity index (χ1) is 17.9. The van der Waals surface area contributed by atoms with Crippen molar-refractivity contribution in [2.75, 3.05) is 32.1 Å². The molecule has 2 saturated heterocycles. The van der Waals surface area contributed by atoms with Crippen LogP contribution >= 0.6 is 24.0 Å². The molecule has 2 aliphatic rings. The largest absolute Gasteiger partial charge is 0.497 e. The van der Waals surface area contributed by atoms with Crippen LogP contribution in [0.3, 0.4) is 0 Å². The van der Waals surface area contributed by atoms with Gasteiger partial charge in [0.2, 0.25) is 0 Å². The standard InChI is InChI=1S/C27H28N4O4S2/c1-17-5-3-12-30-24(17)29-23(28-16-20-6-4-14-35-20)21(25(30)32)15-22-26(33)31(27(36)37-22)13-11-18-7-9-19(34-2)10-8-18/h3,5,7-10,12,15,20,28H,4,6,11,13-14,16H2,1-2H3/b22-15-. The molecule has 0 radical (unpaired) electrons. The van der Waals surface area contributed by atoms with Gasteiger partial charge in [0.15, 0.2) is 0 Å². The smallest absolute Gasteiger partial charge is 0.267 e. The lowest BCUT2D eigenvalue weighted by atomic mass is 10.1. The molecule has 3 aromatic rings. The Hall–Kier alpha value is -3.21. The van der Waals surface area contributed by atoms with Crippen molar-refractivity contribution in [3.63, 3.8) is 0 Å². The zero-order valence-corrected chi connectivity index (χ0v) is 22.4. The van der Waals surface area contributed by atoms with Crippen LogP contribution in [-0.4, -0.2) is 57.4 Å². The number of anilines is 1. The summed E-state index contributed by atoms with van der Waals surface area (Å²) < 4.78 is 12.9. The number of thiocarbonyl (C=S) groups is 1. The number of carbonyl (C=O) groups is 1. The molecular formula is C27H28N4O4S2. The molecule has 192 valence electrons. The highest BCUT2D eigenvalue weighted by Crippen LogP contribution is 2.33. The van der Waals surface area contributed by atoms with Gasteiger partial charge in [0, 0.05) is 25.9 Å². The molecule has 1 aromatic carbocycles. The number of aromatic nitrogens is 2. The molecule has 8 nitrogen and oxygen atoms in total. The summed E-state index contributed by atoms with van der Waals surface area (Å²) in [5.41, 5.74) is 2.62. The number of carbonyl (C=O) groups excluding carboxylic acids is 1. The van der Waals surface area contributed by atoms with Gasteiger partial charge in [-0.25, -0.2) is 4.98 Å². The predicted octanol–water partition coefficient (Wildman–Crippen LogP) is 4.05. The van der Waals surface area contributed by atoms with Crippen LogP contribution in [0.1, 0.15) is 29.5 Å². The fraction of sp³-hybridized carbons (Fsp3) is 0.333. The van der Waals surface area contributed by atoms with E-state index in [4.69, 9.17) is 26.7 Å². The molecule has 0 bridgehead atoms. The van der Waals surface area contributed by atoms with E-state index in [-0.39, 0.29) is 17.6 Å². The Labute approximate surface area is 224 Å². The monoisotopic (exact) mass is 536 g/mol. The first kappa shape index (κ1) is 25.4. The van der Waals surface area contributed by atoms with E-state index in [9.17, 15) is 9.59 Å². The minimum Gasteiger partial charge on any atom is -0.497 e. The molecule has 2 aromatic heterocycles. The average Bonchev–Trinajstić information content (AvgIpc) is 3.52. The number of pyridine rings is 1. The highest BCUT2D eigenvalue weighted by molar-refractivity contribution is 8.26. The van der Waals surface area contributed by atoms with Crippen LogP contribution in [0.2, 0.25) is 0 Å². The van der Waals surface area contributed by atoms with Crippen LogP contribution in [0.15, 0.2) is 52.3 Å². The molecule has 4 heterocycles. The summed E-state index contributed by atoms with van der Waals surface area (Å²) >= 11 is 6.73. The Kier molecular flexibility index (Phi) is 7.59. The molecule has 2 aliphatic heterocycles. The summed E-state index contributed by atoms with van der Waals surface area (Å²) in [6.07, 6.45) is 6.01. The normalized spacial score (nSPS) is 18.8. The number of hydrogen-bond acceptors (Lipinski definition) is 8. The number of aryl methyl sites for hydroxylation is 1. The van der Waals surface area contributed by atoms with Gasteiger partial charge in [-0.05, 0) is 61.6 Å². The van der Waals surface area contributed by atoms with Gasteiger partial charge < -0.3 is 14.8 Å². The Morgan fingerprint density at radius 1 is 1.27 bits per heavy atom. The second kappa shape index (κ2) is 11.0. The molecule has 1 N–H and O–H groups in total. The number of ether oxygens (including phenoxy) is 2. The third kappa shape index (κ3) is 5.41. The SMILES string of the molecule is COc1ccc(CCN2C(=O)/C(=C/c3c(NCC4CCCO4)nc4c(C)cccn4c3=O)SC2=S)cc1. The van der Waals surface area contributed by atoms with Crippen molar-refractivity contribution < 1.29 is 14.3 Å². The van der Waals surface area contributed by atoms with E-state index in [0.717, 1.165) is 36.3 Å². The van der Waals surface area contributed by atoms with Crippen molar-refractivity contribution >= 4 is 51.7 Å². The first-order valence-corrected chi connectivity index (χ1v) is 13.4. The van der Waals surface area contributed by atoms with Crippen LogP contribution in [0.5, 0.6) is 5.75 Å². The summed E-state index contributed by atoms with van der Waals surface area (Å²) in [7, 11) is 1.63. The van der Waals surface area contributed by atoms with E-state index < -0.39 is 0 Å². The summed E-state index contributed by atoms with van der Waals surface area (Å²) in [4.78, 5) is 33.6. The van der Waals surface area contributed by atoms with Crippen LogP contribution in [0.25, 0.3) is 11.7 Å². The zero-order valence-electron chi connectivity index (χ0n) is 20.7. The number of amides is 1. The molecule has 0 spiro atoms. The third-order valence-corrected chi connectivity index (χ3v) is 7.92. The number of nitrogens with one attached hydrogen (secondary N) is 1. The number of rotatable bonds is 8. The van der Waals surface area contributed by atoms with Gasteiger partial charge in [-0.3, -0.25) is 18.9 Å². The van der Waals surface area contributed by atoms with Crippen LogP contribution < -0.4 is 15.6 Å². The van der Waals surface area contributed by atoms with E-state index in [1.807, 2.05) is 43.3 Å². The molecule has 0 saturated carbocycles. The molecule has 2 fully saturated rings. The maximum atomic E-state index is 13.5. The highest BCUT2D eigenvalue weighted by Gasteiger charge is 2.32. The van der Waals surface area contributed by atoms with E-state index in [1.165, 1.54) is 16.2 Å². The van der Waals surface area contributed by atoms with Crippen LogP contribution in [0, 0.1) is 6.92 Å². The third-order valence-electron chi connectivity index (χ3n) is 6.54. The molecule has 1 atom stereocenters. The number of thioether (sulfide) groups is 1. The Balaban J connectivity index is 1.42. The van der Waals surface area contributed by atoms with E-state index in [2.05, 4.69) is 5.32 Å². The minimum atomic E-state index is -0.243. The first-order valence-electron chi connectivity index (χ1n) is 12.2. The van der Waals surface area contributed by atoms with Gasteiger partial charge >= 0.3 is 0 Å². The molecular weight excluding hydrogens is 508 g/mol. The average molecular weight is 537 g/mol. The van der Waals surface area contributed by atoms with Gasteiger partial charge in [0.1, 0.15) is 21.5 Å². The fourth-order valence-electron chi connectivity index (χ4n) is 4.45. The topological polar surface area (TPSA) is 85.2 Å². The van der Waals surface area contributed by atoms with Crippen molar-refractivity contribution in [2.45, 2.75) is 32.3 Å². The van der Waals surface area contributed by atoms with Gasteiger partial charge in [-0.15, -0.1) is 0 Å². The fourth-order valence-corrected chi connectivity index (χ4v) is 5.74. The zero-order chi connectivity index (χ0) is 25.9. The molecule has 5 rings (SSSR count). The maximum Gasteiger partial charge on any atom is 0.267 e. The van der Waals surface area contributed by atoms with Gasteiger partial charge in [-0.2, -0.15) is 0 Å². The maximum absolute atomic E-state index is 13.5. The van der Waals surface area contributed by atoms with Crippen LogP contribution in [-0.2, 0) is 16.0 Å². The van der Waals surface area contributed by atoms with Crippen molar-refractivity contribution in [1.29, 1.82) is 0 Å². The van der Waals surface area contributed by atoms with E-state index in [1.54, 1.807) is 24.3 Å². The number of benzene rings is 1. The molecule has 1 amide bonds. The van der Waals surface area contributed by atoms with Gasteiger partial charge in [0.05, 0.1) is 23.7 Å². The minimum absolute atomic E-state index is 0.0705. The second-order valence-corrected chi connectivity index (χ2v) is 10.7. The lowest BCUT2D eigenvalue weighted by Gasteiger charge is -2.15. The summed E-state index contributed by atoms with van der Waals surface area (Å²) in [6, 6.07) is 11.5. The summed E-state index contributed by atoms with van der Waals surface area (Å²) in [5, 5.41) is 3.31. The van der Waals surface area contributed by atoms with Crippen molar-refractivity contribution in [1.82, 2.24) is 14.3 Å². The number of fused-ring (bicyclic) bond motifs is 1. The van der Waals surface area contributed by atoms with Crippen molar-refractivity contribution in [2.24, 2.45) is 0 Å². The Morgan fingerprint density at radius 2 is 2.08 bits per heavy atom. The summed E-state index contributed by atoms with van der Waals surface area (Å²) in [6.45, 7) is 3.65. The molecule has 1 unspecified atom stereocenters. The van der Waals surface area contributed by atoms with Crippen LogP contribution in [0.4, 0.5) is 5.82 Å². The lowest BCUT2D eigenvalue weighted by molar-refractivity contribution is -0.122. The van der Waals surface area contributed by atoms with E-state index >= 15 is 0 Å². The van der Waals surface area contributed by atoms with Crippen molar-refractivity contribution in [3.8, 4) is 5.75 Å². The summed E-state index contributed by atoms with van der Waals surface area (Å²) in [5.74, 6) is 1.02. The van der Waals surface area contributed by atoms with Gasteiger partial charge in [-0.1, -0.05) is 42.2 Å². The molecule has 10 heteroatoms. The Morgan fingerprint density at radius 3 is 2.81 bits per heavy atom. The molecule has 37 heavy (non-hydrogen) atoms. The number of hydrogen-bond donors (Lipinski definition) is 1. The highest BCUT2D eigenvalue weighted by atomic mass is 32.2. The molecule has 0 aliphatic carbocycles. The number of methoxy groups -OCH3 is 1. The quantitative estimate of drug-likeness (QED) is 0.341. The van der Waals surface area contributed by atoms with Gasteiger partial charge in [0.25, 0.3) is 11.5 Å². The predicted molar refractivity (Wildman–Crippen MR) is 150 cm³/mol. The second-order valence-electron chi connectivity index (χ2n) is 9.01. The Bertz CT molecular complexity index is 1430. The van der Waals surface area contributed by atoms with E-state index in [0.29, 0.717) is 45.8 Å². The van der Waals surface area contributed by atoms with Crippen molar-refractivity contribution in [3.05, 3.63) is 74.5 Å². The number of nitrogens with zero attached hydrogens (tertiary/aromatic N) is 3.